The van der Waals surface area contributed by atoms with Gasteiger partial charge in [0.05, 0.1) is 18.0 Å². The van der Waals surface area contributed by atoms with E-state index in [0.29, 0.717) is 28.2 Å². The monoisotopic (exact) mass is 392 g/mol. The summed E-state index contributed by atoms with van der Waals surface area (Å²) in [5.41, 5.74) is 8.33. The van der Waals surface area contributed by atoms with E-state index in [1.54, 1.807) is 26.0 Å². The van der Waals surface area contributed by atoms with Gasteiger partial charge in [-0.25, -0.2) is 13.4 Å². The van der Waals surface area contributed by atoms with Gasteiger partial charge in [-0.3, -0.25) is 0 Å². The number of aliphatic hydroxyl groups excluding tert-OH is 1. The second-order valence-corrected chi connectivity index (χ2v) is 8.96. The summed E-state index contributed by atoms with van der Waals surface area (Å²) in [5.74, 6) is 0.417. The molecule has 0 radical (unpaired) electrons. The van der Waals surface area contributed by atoms with Gasteiger partial charge in [0.2, 0.25) is 5.89 Å². The quantitative estimate of drug-likeness (QED) is 0.582. The van der Waals surface area contributed by atoms with Crippen LogP contribution in [-0.2, 0) is 15.4 Å². The maximum atomic E-state index is 10.1. The minimum absolute atomic E-state index is 0.132. The van der Waals surface area contributed by atoms with Crippen LogP contribution in [0.4, 0.5) is 5.69 Å². The lowest BCUT2D eigenvalue weighted by Crippen LogP contribution is -2.17. The molecule has 0 amide bonds. The molecule has 146 valence electrons. The van der Waals surface area contributed by atoms with Crippen LogP contribution in [0.5, 0.6) is 0 Å². The summed E-state index contributed by atoms with van der Waals surface area (Å²) < 4.78 is 25.9. The lowest BCUT2D eigenvalue weighted by atomic mass is 9.96. The second-order valence-electron chi connectivity index (χ2n) is 6.70. The number of aromatic nitrogens is 1. The van der Waals surface area contributed by atoms with E-state index in [1.165, 1.54) is 0 Å². The van der Waals surface area contributed by atoms with Crippen LogP contribution >= 0.6 is 0 Å². The van der Waals surface area contributed by atoms with Gasteiger partial charge in [0.15, 0.2) is 5.58 Å². The van der Waals surface area contributed by atoms with Crippen molar-refractivity contribution in [1.82, 2.24) is 4.98 Å². The molecule has 0 unspecified atom stereocenters. The Labute approximate surface area is 158 Å². The molecule has 1 aromatic heterocycles. The van der Waals surface area contributed by atoms with Gasteiger partial charge in [0.25, 0.3) is 0 Å². The van der Waals surface area contributed by atoms with E-state index >= 15 is 0 Å². The molecule has 4 N–H and O–H groups in total. The molecule has 27 heavy (non-hydrogen) atoms. The maximum absolute atomic E-state index is 10.1. The molecule has 0 atom stereocenters. The van der Waals surface area contributed by atoms with Crippen LogP contribution in [0.15, 0.2) is 46.9 Å². The standard InChI is InChI=1S/C16H16N2O2.C3H8O3S/c1-16(2,19)11-8-14-13(9-12(11)17)18-15(20-14)10-6-4-3-5-7-10;1-7(5,6)3-2-4/h3-9,19H,17H2,1-2H3;4H,2-3H2,1H3. The number of oxazole rings is 1. The predicted octanol–water partition coefficient (Wildman–Crippen LogP) is 2.33. The molecule has 0 saturated carbocycles. The molecule has 0 aliphatic rings. The maximum Gasteiger partial charge on any atom is 0.227 e. The topological polar surface area (TPSA) is 127 Å². The van der Waals surface area contributed by atoms with Crippen LogP contribution in [0.3, 0.4) is 0 Å². The Hall–Kier alpha value is -2.42. The Morgan fingerprint density at radius 2 is 1.81 bits per heavy atom. The first-order valence-electron chi connectivity index (χ1n) is 8.28. The highest BCUT2D eigenvalue weighted by Gasteiger charge is 2.21. The zero-order valence-corrected chi connectivity index (χ0v) is 16.3. The molecule has 8 heteroatoms. The Bertz CT molecular complexity index is 1010. The van der Waals surface area contributed by atoms with Crippen molar-refractivity contribution in [3.63, 3.8) is 0 Å². The lowest BCUT2D eigenvalue weighted by molar-refractivity contribution is 0.0794. The fraction of sp³-hybridized carbons (Fsp3) is 0.316. The zero-order valence-electron chi connectivity index (χ0n) is 15.5. The van der Waals surface area contributed by atoms with Gasteiger partial charge < -0.3 is 20.4 Å². The first kappa shape index (κ1) is 20.9. The molecule has 3 rings (SSSR count). The SMILES string of the molecule is CC(C)(O)c1cc2oc(-c3ccccc3)nc2cc1N.CS(=O)(=O)CCO. The van der Waals surface area contributed by atoms with Crippen molar-refractivity contribution in [1.29, 1.82) is 0 Å². The average molecular weight is 392 g/mol. The van der Waals surface area contributed by atoms with Crippen molar-refractivity contribution in [2.75, 3.05) is 24.3 Å². The number of rotatable bonds is 4. The van der Waals surface area contributed by atoms with Gasteiger partial charge in [-0.05, 0) is 38.1 Å². The Morgan fingerprint density at radius 1 is 1.19 bits per heavy atom. The fourth-order valence-corrected chi connectivity index (χ4v) is 2.72. The highest BCUT2D eigenvalue weighted by molar-refractivity contribution is 7.90. The second kappa shape index (κ2) is 8.08. The number of nitrogen functional groups attached to an aromatic ring is 1. The van der Waals surface area contributed by atoms with Crippen LogP contribution in [0, 0.1) is 0 Å². The smallest absolute Gasteiger partial charge is 0.227 e. The summed E-state index contributed by atoms with van der Waals surface area (Å²) in [6.45, 7) is 3.11. The average Bonchev–Trinajstić information content (AvgIpc) is 2.96. The number of benzene rings is 2. The molecule has 7 nitrogen and oxygen atoms in total. The third-order valence-electron chi connectivity index (χ3n) is 3.70. The zero-order chi connectivity index (χ0) is 20.2. The summed E-state index contributed by atoms with van der Waals surface area (Å²) in [5, 5.41) is 18.1. The minimum Gasteiger partial charge on any atom is -0.436 e. The number of hydrogen-bond donors (Lipinski definition) is 3. The van der Waals surface area contributed by atoms with E-state index in [4.69, 9.17) is 15.3 Å². The molecule has 2 aromatic carbocycles. The van der Waals surface area contributed by atoms with E-state index in [0.717, 1.165) is 11.8 Å². The van der Waals surface area contributed by atoms with Crippen molar-refractivity contribution < 1.29 is 23.0 Å². The summed E-state index contributed by atoms with van der Waals surface area (Å²) in [6, 6.07) is 13.2. The number of anilines is 1. The number of hydrogen-bond acceptors (Lipinski definition) is 7. The third kappa shape index (κ3) is 5.78. The molecule has 0 saturated heterocycles. The van der Waals surface area contributed by atoms with Crippen molar-refractivity contribution in [3.8, 4) is 11.5 Å². The number of nitrogens with zero attached hydrogens (tertiary/aromatic N) is 1. The van der Waals surface area contributed by atoms with Crippen LogP contribution in [0.25, 0.3) is 22.6 Å². The fourth-order valence-electron chi connectivity index (χ4n) is 2.39. The van der Waals surface area contributed by atoms with Gasteiger partial charge in [-0.15, -0.1) is 0 Å². The number of sulfone groups is 1. The molecular weight excluding hydrogens is 368 g/mol. The molecular formula is C19H24N2O5S. The van der Waals surface area contributed by atoms with Crippen molar-refractivity contribution in [3.05, 3.63) is 48.0 Å². The van der Waals surface area contributed by atoms with Crippen LogP contribution in [0.2, 0.25) is 0 Å². The molecule has 0 fully saturated rings. The molecule has 1 heterocycles. The number of aliphatic hydroxyl groups is 2. The molecule has 0 aliphatic carbocycles. The van der Waals surface area contributed by atoms with E-state index < -0.39 is 15.4 Å². The van der Waals surface area contributed by atoms with Crippen molar-refractivity contribution >= 4 is 26.6 Å². The van der Waals surface area contributed by atoms with E-state index in [9.17, 15) is 13.5 Å². The summed E-state index contributed by atoms with van der Waals surface area (Å²) in [7, 11) is -2.92. The van der Waals surface area contributed by atoms with Crippen LogP contribution in [-0.4, -0.2) is 42.2 Å². The Balaban J connectivity index is 0.000000321. The largest absolute Gasteiger partial charge is 0.436 e. The van der Waals surface area contributed by atoms with Gasteiger partial charge >= 0.3 is 0 Å². The van der Waals surface area contributed by atoms with E-state index in [1.807, 2.05) is 30.3 Å². The molecule has 0 bridgehead atoms. The van der Waals surface area contributed by atoms with Crippen molar-refractivity contribution in [2.24, 2.45) is 0 Å². The summed E-state index contributed by atoms with van der Waals surface area (Å²) in [4.78, 5) is 4.44. The first-order valence-corrected chi connectivity index (χ1v) is 10.3. The highest BCUT2D eigenvalue weighted by Crippen LogP contribution is 2.32. The van der Waals surface area contributed by atoms with Gasteiger partial charge in [0.1, 0.15) is 15.4 Å². The summed E-state index contributed by atoms with van der Waals surface area (Å²) in [6.07, 6.45) is 1.09. The van der Waals surface area contributed by atoms with E-state index in [2.05, 4.69) is 4.98 Å². The van der Waals surface area contributed by atoms with Crippen LogP contribution < -0.4 is 5.73 Å². The Kier molecular flexibility index (Phi) is 6.25. The molecule has 0 aliphatic heterocycles. The minimum atomic E-state index is -2.92. The van der Waals surface area contributed by atoms with Crippen molar-refractivity contribution in [2.45, 2.75) is 19.4 Å². The number of nitrogens with two attached hydrogens (primary N) is 1. The van der Waals surface area contributed by atoms with Gasteiger partial charge in [-0.2, -0.15) is 0 Å². The van der Waals surface area contributed by atoms with E-state index in [-0.39, 0.29) is 12.4 Å². The number of fused-ring (bicyclic) bond motifs is 1. The normalized spacial score (nSPS) is 11.9. The lowest BCUT2D eigenvalue weighted by Gasteiger charge is -2.19. The summed E-state index contributed by atoms with van der Waals surface area (Å²) >= 11 is 0. The van der Waals surface area contributed by atoms with Crippen LogP contribution in [0.1, 0.15) is 19.4 Å². The predicted molar refractivity (Wildman–Crippen MR) is 106 cm³/mol. The Morgan fingerprint density at radius 3 is 2.30 bits per heavy atom. The first-order chi connectivity index (χ1) is 12.5. The third-order valence-corrected chi connectivity index (χ3v) is 4.63. The molecule has 3 aromatic rings. The van der Waals surface area contributed by atoms with Gasteiger partial charge in [-0.1, -0.05) is 18.2 Å². The highest BCUT2D eigenvalue weighted by atomic mass is 32.2. The molecule has 0 spiro atoms. The van der Waals surface area contributed by atoms with Gasteiger partial charge in [0, 0.05) is 23.1 Å².